The zero-order chi connectivity index (χ0) is 6.97. The van der Waals surface area contributed by atoms with E-state index in [2.05, 4.69) is 0 Å². The first-order valence-corrected chi connectivity index (χ1v) is 4.34. The number of hydrogen-bond donors (Lipinski definition) is 0. The predicted molar refractivity (Wildman–Crippen MR) is 40.7 cm³/mol. The van der Waals surface area contributed by atoms with Crippen molar-refractivity contribution < 1.29 is 8.92 Å². The minimum absolute atomic E-state index is 0.566. The predicted octanol–water partition coefficient (Wildman–Crippen LogP) is 0.912. The van der Waals surface area contributed by atoms with E-state index in [-0.39, 0.29) is 0 Å². The molecule has 1 aliphatic carbocycles. The molecule has 2 fully saturated rings. The molecule has 2 nitrogen and oxygen atoms in total. The highest BCUT2D eigenvalue weighted by Gasteiger charge is 2.47. The van der Waals surface area contributed by atoms with Gasteiger partial charge in [-0.3, -0.25) is 0 Å². The van der Waals surface area contributed by atoms with E-state index in [1.54, 1.807) is 0 Å². The monoisotopic (exact) mass is 156 g/mol. The highest BCUT2D eigenvalue weighted by atomic mass is 32.2. The summed E-state index contributed by atoms with van der Waals surface area (Å²) in [7, 11) is 5.12. The highest BCUT2D eigenvalue weighted by molar-refractivity contribution is 8.15. The topological polar surface area (TPSA) is 21.8 Å². The van der Waals surface area contributed by atoms with Crippen molar-refractivity contribution in [1.82, 2.24) is 0 Å². The first-order chi connectivity index (χ1) is 4.90. The van der Waals surface area contributed by atoms with Gasteiger partial charge >= 0.3 is 0 Å². The second-order valence-electron chi connectivity index (χ2n) is 2.93. The van der Waals surface area contributed by atoms with Crippen LogP contribution in [0, 0.1) is 5.92 Å². The Balaban J connectivity index is 1.66. The lowest BCUT2D eigenvalue weighted by molar-refractivity contribution is 0.216. The van der Waals surface area contributed by atoms with Gasteiger partial charge in [-0.05, 0) is 18.8 Å². The second-order valence-corrected chi connectivity index (χ2v) is 3.36. The molecule has 2 atom stereocenters. The Kier molecular flexibility index (Phi) is 1.93. The van der Waals surface area contributed by atoms with Crippen LogP contribution >= 0.6 is 11.9 Å². The molecule has 0 bridgehead atoms. The molecule has 1 heterocycles. The molecule has 0 aromatic heterocycles. The molecular formula is C6H9BO2S. The van der Waals surface area contributed by atoms with Crippen molar-refractivity contribution in [2.45, 2.75) is 25.0 Å². The Morgan fingerprint density at radius 1 is 1.50 bits per heavy atom. The highest BCUT2D eigenvalue weighted by Crippen LogP contribution is 2.42. The number of epoxide rings is 1. The third-order valence-corrected chi connectivity index (χ3v) is 2.46. The van der Waals surface area contributed by atoms with E-state index in [1.165, 1.54) is 12.8 Å². The summed E-state index contributed by atoms with van der Waals surface area (Å²) in [6.45, 7) is 0.789. The van der Waals surface area contributed by atoms with Crippen LogP contribution in [0.3, 0.4) is 0 Å². The van der Waals surface area contributed by atoms with Crippen LogP contribution < -0.4 is 0 Å². The lowest BCUT2D eigenvalue weighted by Gasteiger charge is -2.08. The molecule has 0 amide bonds. The van der Waals surface area contributed by atoms with E-state index in [0.29, 0.717) is 18.1 Å². The molecule has 2 rings (SSSR count). The van der Waals surface area contributed by atoms with E-state index in [4.69, 9.17) is 16.0 Å². The first-order valence-electron chi connectivity index (χ1n) is 3.54. The van der Waals surface area contributed by atoms with Gasteiger partial charge in [0.05, 0.1) is 18.8 Å². The van der Waals surface area contributed by atoms with Crippen LogP contribution in [0.25, 0.3) is 0 Å². The molecule has 0 spiro atoms. The van der Waals surface area contributed by atoms with Crippen LogP contribution in [0.1, 0.15) is 12.8 Å². The second kappa shape index (κ2) is 2.76. The van der Waals surface area contributed by atoms with E-state index in [0.717, 1.165) is 18.5 Å². The van der Waals surface area contributed by atoms with E-state index < -0.39 is 0 Å². The van der Waals surface area contributed by atoms with Crippen LogP contribution in [0.15, 0.2) is 0 Å². The quantitative estimate of drug-likeness (QED) is 0.344. The van der Waals surface area contributed by atoms with Crippen LogP contribution in [0.5, 0.6) is 0 Å². The van der Waals surface area contributed by atoms with Crippen molar-refractivity contribution in [2.75, 3.05) is 6.61 Å². The largest absolute Gasteiger partial charge is 0.370 e. The number of ether oxygens (including phenoxy) is 1. The van der Waals surface area contributed by atoms with Crippen molar-refractivity contribution in [3.05, 3.63) is 0 Å². The van der Waals surface area contributed by atoms with Gasteiger partial charge in [0, 0.05) is 0 Å². The Morgan fingerprint density at radius 3 is 2.80 bits per heavy atom. The molecule has 2 unspecified atom stereocenters. The maximum Gasteiger partial charge on any atom is 0.203 e. The maximum atomic E-state index is 5.27. The van der Waals surface area contributed by atoms with Gasteiger partial charge in [0.2, 0.25) is 7.12 Å². The maximum absolute atomic E-state index is 5.27. The fourth-order valence-corrected chi connectivity index (χ4v) is 1.89. The van der Waals surface area contributed by atoms with Gasteiger partial charge in [-0.15, -0.1) is 0 Å². The lowest BCUT2D eigenvalue weighted by Crippen LogP contribution is -2.05. The summed E-state index contributed by atoms with van der Waals surface area (Å²) in [5.41, 5.74) is 0. The van der Waals surface area contributed by atoms with E-state index >= 15 is 0 Å². The Hall–Kier alpha value is 0.335. The van der Waals surface area contributed by atoms with Crippen molar-refractivity contribution >= 4 is 19.0 Å². The molecule has 54 valence electrons. The zero-order valence-corrected chi connectivity index (χ0v) is 6.47. The zero-order valence-electron chi connectivity index (χ0n) is 5.66. The third-order valence-electron chi connectivity index (χ3n) is 2.19. The Morgan fingerprint density at radius 2 is 2.20 bits per heavy atom. The van der Waals surface area contributed by atoms with Crippen molar-refractivity contribution in [3.8, 4) is 0 Å². The minimum atomic E-state index is 0.566. The molecule has 2 radical (unpaired) electrons. The molecule has 1 saturated carbocycles. The van der Waals surface area contributed by atoms with Gasteiger partial charge in [-0.1, -0.05) is 11.9 Å². The normalized spacial score (nSPS) is 43.4. The van der Waals surface area contributed by atoms with Gasteiger partial charge in [-0.2, -0.15) is 0 Å². The summed E-state index contributed by atoms with van der Waals surface area (Å²) in [5.74, 6) is 0.694. The molecule has 0 aromatic carbocycles. The number of fused-ring (bicyclic) bond motifs is 1. The van der Waals surface area contributed by atoms with Gasteiger partial charge in [0.25, 0.3) is 0 Å². The van der Waals surface area contributed by atoms with Crippen LogP contribution in [0.4, 0.5) is 0 Å². The molecule has 1 aliphatic heterocycles. The summed E-state index contributed by atoms with van der Waals surface area (Å²) in [6.07, 6.45) is 3.48. The van der Waals surface area contributed by atoms with Gasteiger partial charge < -0.3 is 8.92 Å². The SMILES string of the molecule is [B]SOCC1CC2OC2C1. The summed E-state index contributed by atoms with van der Waals surface area (Å²) in [4.78, 5) is 0. The summed E-state index contributed by atoms with van der Waals surface area (Å²) < 4.78 is 10.3. The van der Waals surface area contributed by atoms with Gasteiger partial charge in [-0.25, -0.2) is 0 Å². The number of hydrogen-bond acceptors (Lipinski definition) is 3. The molecule has 2 aliphatic rings. The summed E-state index contributed by atoms with van der Waals surface area (Å²) >= 11 is 0.964. The fourth-order valence-electron chi connectivity index (χ4n) is 1.62. The third kappa shape index (κ3) is 1.33. The smallest absolute Gasteiger partial charge is 0.203 e. The van der Waals surface area contributed by atoms with Crippen molar-refractivity contribution in [1.29, 1.82) is 0 Å². The number of rotatable bonds is 3. The first kappa shape index (κ1) is 7.01. The van der Waals surface area contributed by atoms with Crippen LogP contribution in [-0.4, -0.2) is 25.9 Å². The van der Waals surface area contributed by atoms with Gasteiger partial charge in [0.1, 0.15) is 0 Å². The van der Waals surface area contributed by atoms with E-state index in [9.17, 15) is 0 Å². The average Bonchev–Trinajstić information content (AvgIpc) is 2.56. The molecule has 1 saturated heterocycles. The summed E-state index contributed by atoms with van der Waals surface area (Å²) in [6, 6.07) is 0. The lowest BCUT2D eigenvalue weighted by atomic mass is 10.1. The van der Waals surface area contributed by atoms with Crippen molar-refractivity contribution in [2.24, 2.45) is 5.92 Å². The molecule has 0 N–H and O–H groups in total. The molecule has 10 heavy (non-hydrogen) atoms. The standard InChI is InChI=1S/C6H9BO2S/c7-10-8-3-4-1-5-6(2-4)9-5/h4-6H,1-3H2. The van der Waals surface area contributed by atoms with E-state index in [1.807, 2.05) is 0 Å². The van der Waals surface area contributed by atoms with Crippen LogP contribution in [0.2, 0.25) is 0 Å². The average molecular weight is 156 g/mol. The molecular weight excluding hydrogens is 147 g/mol. The molecule has 4 heteroatoms. The summed E-state index contributed by atoms with van der Waals surface area (Å²) in [5, 5.41) is 0. The molecule has 0 aromatic rings. The Bertz CT molecular complexity index is 123. The van der Waals surface area contributed by atoms with Gasteiger partial charge in [0.15, 0.2) is 0 Å². The Labute approximate surface area is 66.2 Å². The minimum Gasteiger partial charge on any atom is -0.370 e. The fraction of sp³-hybridized carbons (Fsp3) is 1.00. The van der Waals surface area contributed by atoms with Crippen molar-refractivity contribution in [3.63, 3.8) is 0 Å². The van der Waals surface area contributed by atoms with Crippen LogP contribution in [-0.2, 0) is 8.92 Å².